The maximum Gasteiger partial charge on any atom is 0.335 e. The summed E-state index contributed by atoms with van der Waals surface area (Å²) < 4.78 is 0. The third-order valence-electron chi connectivity index (χ3n) is 3.31. The van der Waals surface area contributed by atoms with Crippen LogP contribution in [0.5, 0.6) is 0 Å². The van der Waals surface area contributed by atoms with Crippen molar-refractivity contribution >= 4 is 11.8 Å². The molecule has 1 rings (SSSR count). The van der Waals surface area contributed by atoms with E-state index in [0.29, 0.717) is 5.56 Å². The number of carbonyl (C=O) groups is 1. The molecule has 0 aliphatic carbocycles. The minimum absolute atomic E-state index is 0.162. The molecule has 0 unspecified atom stereocenters. The number of nitrogens with zero attached hydrogens (tertiary/aromatic N) is 2. The fourth-order valence-corrected chi connectivity index (χ4v) is 1.97. The van der Waals surface area contributed by atoms with Crippen molar-refractivity contribution in [2.45, 2.75) is 52.9 Å². The van der Waals surface area contributed by atoms with Crippen LogP contribution in [0.1, 0.15) is 63.5 Å². The third-order valence-corrected chi connectivity index (χ3v) is 3.31. The van der Waals surface area contributed by atoms with Crippen molar-refractivity contribution in [1.82, 2.24) is 4.98 Å². The predicted octanol–water partition coefficient (Wildman–Crippen LogP) is 3.70. The van der Waals surface area contributed by atoms with Gasteiger partial charge in [-0.2, -0.15) is 0 Å². The van der Waals surface area contributed by atoms with E-state index in [1.54, 1.807) is 12.1 Å². The predicted molar refractivity (Wildman–Crippen MR) is 82.7 cm³/mol. The minimum Gasteiger partial charge on any atom is -0.478 e. The van der Waals surface area contributed by atoms with E-state index in [-0.39, 0.29) is 5.41 Å². The van der Waals surface area contributed by atoms with Gasteiger partial charge >= 0.3 is 5.97 Å². The maximum atomic E-state index is 11.3. The number of unbranched alkanes of at least 4 members (excludes halogenated alkanes) is 1. The number of carboxylic acid groups (broad SMARTS) is 1. The van der Waals surface area contributed by atoms with Gasteiger partial charge in [-0.05, 0) is 25.5 Å². The van der Waals surface area contributed by atoms with E-state index in [2.05, 4.69) is 23.7 Å². The van der Waals surface area contributed by atoms with Gasteiger partial charge in [-0.1, -0.05) is 34.1 Å². The van der Waals surface area contributed by atoms with Gasteiger partial charge in [0.25, 0.3) is 0 Å². The van der Waals surface area contributed by atoms with Crippen molar-refractivity contribution in [3.8, 4) is 0 Å². The van der Waals surface area contributed by atoms with Crippen LogP contribution in [0, 0.1) is 0 Å². The Balaban J connectivity index is 3.23. The molecule has 4 heteroatoms. The molecule has 0 amide bonds. The SMILES string of the molecule is CCCCN(CC)c1cc(C(=O)O)cc(C(C)(C)C)n1. The molecule has 112 valence electrons. The van der Waals surface area contributed by atoms with Gasteiger partial charge in [-0.3, -0.25) is 0 Å². The zero-order valence-electron chi connectivity index (χ0n) is 13.2. The van der Waals surface area contributed by atoms with Gasteiger partial charge in [-0.25, -0.2) is 9.78 Å². The topological polar surface area (TPSA) is 53.4 Å². The highest BCUT2D eigenvalue weighted by molar-refractivity contribution is 5.88. The minimum atomic E-state index is -0.898. The first kappa shape index (κ1) is 16.5. The van der Waals surface area contributed by atoms with Crippen LogP contribution in [-0.2, 0) is 5.41 Å². The summed E-state index contributed by atoms with van der Waals surface area (Å²) in [6.07, 6.45) is 2.19. The summed E-state index contributed by atoms with van der Waals surface area (Å²) in [4.78, 5) is 18.1. The van der Waals surface area contributed by atoms with Gasteiger partial charge in [0.1, 0.15) is 5.82 Å². The maximum absolute atomic E-state index is 11.3. The van der Waals surface area contributed by atoms with Crippen LogP contribution >= 0.6 is 0 Å². The Morgan fingerprint density at radius 3 is 2.40 bits per heavy atom. The lowest BCUT2D eigenvalue weighted by Crippen LogP contribution is -2.27. The number of rotatable bonds is 6. The first-order valence-electron chi connectivity index (χ1n) is 7.30. The van der Waals surface area contributed by atoms with Crippen molar-refractivity contribution in [1.29, 1.82) is 0 Å². The number of hydrogen-bond acceptors (Lipinski definition) is 3. The largest absolute Gasteiger partial charge is 0.478 e. The van der Waals surface area contributed by atoms with Gasteiger partial charge in [0, 0.05) is 24.2 Å². The highest BCUT2D eigenvalue weighted by atomic mass is 16.4. The second kappa shape index (κ2) is 6.73. The average Bonchev–Trinajstić information content (AvgIpc) is 2.38. The molecule has 0 atom stereocenters. The molecule has 0 saturated carbocycles. The van der Waals surface area contributed by atoms with Gasteiger partial charge in [0.05, 0.1) is 5.56 Å². The standard InChI is InChI=1S/C16H26N2O2/c1-6-8-9-18(7-2)14-11-12(15(19)20)10-13(17-14)16(3,4)5/h10-11H,6-9H2,1-5H3,(H,19,20). The molecule has 0 aliphatic heterocycles. The molecule has 1 aromatic heterocycles. The smallest absolute Gasteiger partial charge is 0.335 e. The molecule has 0 aliphatic rings. The van der Waals surface area contributed by atoms with Crippen LogP contribution in [0.25, 0.3) is 0 Å². The fourth-order valence-electron chi connectivity index (χ4n) is 1.97. The quantitative estimate of drug-likeness (QED) is 0.862. The molecule has 1 heterocycles. The number of aromatic carboxylic acids is 1. The van der Waals surface area contributed by atoms with E-state index in [4.69, 9.17) is 0 Å². The molecule has 20 heavy (non-hydrogen) atoms. The first-order chi connectivity index (χ1) is 9.29. The van der Waals surface area contributed by atoms with E-state index >= 15 is 0 Å². The van der Waals surface area contributed by atoms with E-state index in [1.165, 1.54) is 0 Å². The third kappa shape index (κ3) is 4.22. The lowest BCUT2D eigenvalue weighted by atomic mass is 9.90. The van der Waals surface area contributed by atoms with E-state index < -0.39 is 5.97 Å². The lowest BCUT2D eigenvalue weighted by Gasteiger charge is -2.25. The van der Waals surface area contributed by atoms with Crippen molar-refractivity contribution in [3.63, 3.8) is 0 Å². The first-order valence-corrected chi connectivity index (χ1v) is 7.30. The second-order valence-corrected chi connectivity index (χ2v) is 6.09. The molecular formula is C16H26N2O2. The van der Waals surface area contributed by atoms with Gasteiger partial charge in [0.15, 0.2) is 0 Å². The normalized spacial score (nSPS) is 11.4. The lowest BCUT2D eigenvalue weighted by molar-refractivity contribution is 0.0696. The molecule has 1 N–H and O–H groups in total. The van der Waals surface area contributed by atoms with Crippen molar-refractivity contribution in [2.24, 2.45) is 0 Å². The van der Waals surface area contributed by atoms with E-state index in [0.717, 1.165) is 37.4 Å². The highest BCUT2D eigenvalue weighted by Gasteiger charge is 2.20. The second-order valence-electron chi connectivity index (χ2n) is 6.09. The molecule has 0 spiro atoms. The zero-order valence-corrected chi connectivity index (χ0v) is 13.2. The van der Waals surface area contributed by atoms with E-state index in [1.807, 2.05) is 20.8 Å². The Morgan fingerprint density at radius 2 is 1.95 bits per heavy atom. The molecule has 0 aromatic carbocycles. The number of anilines is 1. The molecular weight excluding hydrogens is 252 g/mol. The molecule has 0 bridgehead atoms. The summed E-state index contributed by atoms with van der Waals surface area (Å²) in [5, 5.41) is 9.28. The summed E-state index contributed by atoms with van der Waals surface area (Å²) in [7, 11) is 0. The Kier molecular flexibility index (Phi) is 5.54. The van der Waals surface area contributed by atoms with Crippen LogP contribution in [0.15, 0.2) is 12.1 Å². The van der Waals surface area contributed by atoms with Crippen LogP contribution in [-0.4, -0.2) is 29.1 Å². The van der Waals surface area contributed by atoms with Crippen LogP contribution in [0.2, 0.25) is 0 Å². The Labute approximate surface area is 121 Å². The van der Waals surface area contributed by atoms with E-state index in [9.17, 15) is 9.90 Å². The molecule has 4 nitrogen and oxygen atoms in total. The monoisotopic (exact) mass is 278 g/mol. The van der Waals surface area contributed by atoms with Crippen LogP contribution in [0.4, 0.5) is 5.82 Å². The summed E-state index contributed by atoms with van der Waals surface area (Å²) >= 11 is 0. The summed E-state index contributed by atoms with van der Waals surface area (Å²) in [5.74, 6) is -0.128. The Morgan fingerprint density at radius 1 is 1.30 bits per heavy atom. The Bertz CT molecular complexity index is 464. The van der Waals surface area contributed by atoms with Gasteiger partial charge in [-0.15, -0.1) is 0 Å². The highest BCUT2D eigenvalue weighted by Crippen LogP contribution is 2.25. The van der Waals surface area contributed by atoms with Crippen molar-refractivity contribution in [2.75, 3.05) is 18.0 Å². The summed E-state index contributed by atoms with van der Waals surface area (Å²) in [6, 6.07) is 3.36. The fraction of sp³-hybridized carbons (Fsp3) is 0.625. The molecule has 0 fully saturated rings. The average molecular weight is 278 g/mol. The number of pyridine rings is 1. The van der Waals surface area contributed by atoms with Gasteiger partial charge in [0.2, 0.25) is 0 Å². The zero-order chi connectivity index (χ0) is 15.3. The number of carboxylic acids is 1. The van der Waals surface area contributed by atoms with Crippen LogP contribution < -0.4 is 4.90 Å². The van der Waals surface area contributed by atoms with Gasteiger partial charge < -0.3 is 10.0 Å². The Hall–Kier alpha value is -1.58. The summed E-state index contributed by atoms with van der Waals surface area (Å²) in [5.41, 5.74) is 0.974. The molecule has 0 saturated heterocycles. The van der Waals surface area contributed by atoms with Crippen molar-refractivity contribution < 1.29 is 9.90 Å². The number of hydrogen-bond donors (Lipinski definition) is 1. The van der Waals surface area contributed by atoms with Crippen LogP contribution in [0.3, 0.4) is 0 Å². The number of aromatic nitrogens is 1. The molecule has 1 aromatic rings. The van der Waals surface area contributed by atoms with Crippen molar-refractivity contribution in [3.05, 3.63) is 23.4 Å². The molecule has 0 radical (unpaired) electrons. The summed E-state index contributed by atoms with van der Waals surface area (Å²) in [6.45, 7) is 12.1.